The molecule has 0 aromatic heterocycles. The van der Waals surface area contributed by atoms with Crippen LogP contribution >= 0.6 is 0 Å². The highest BCUT2D eigenvalue weighted by Crippen LogP contribution is 2.49. The fraction of sp³-hybridized carbons (Fsp3) is 0.700. The van der Waals surface area contributed by atoms with Crippen molar-refractivity contribution < 1.29 is 14.9 Å². The number of hydrogen-bond donors (Lipinski definition) is 2. The Bertz CT molecular complexity index is 993. The van der Waals surface area contributed by atoms with E-state index in [-0.39, 0.29) is 12.2 Å². The number of hydrogen-bond acceptors (Lipinski definition) is 3. The van der Waals surface area contributed by atoms with Gasteiger partial charge in [0, 0.05) is 0 Å². The Balaban J connectivity index is 1.20. The molecule has 0 radical (unpaired) electrons. The van der Waals surface area contributed by atoms with E-state index in [1.807, 2.05) is 0 Å². The maximum absolute atomic E-state index is 10.8. The second kappa shape index (κ2) is 15.5. The number of fused-ring (bicyclic) bond motifs is 2. The Labute approximate surface area is 264 Å². The molecular formula is C40H62O3. The fourth-order valence-corrected chi connectivity index (χ4v) is 9.04. The van der Waals surface area contributed by atoms with E-state index in [0.717, 1.165) is 38.9 Å². The molecule has 240 valence electrons. The third-order valence-electron chi connectivity index (χ3n) is 11.9. The first-order valence-corrected chi connectivity index (χ1v) is 17.5. The van der Waals surface area contributed by atoms with Gasteiger partial charge in [-0.15, -0.1) is 0 Å². The number of allylic oxidation sites excluding steroid dienone is 10. The van der Waals surface area contributed by atoms with E-state index in [1.54, 1.807) is 0 Å². The van der Waals surface area contributed by atoms with Gasteiger partial charge >= 0.3 is 0 Å². The maximum atomic E-state index is 10.8. The van der Waals surface area contributed by atoms with Crippen LogP contribution in [0.4, 0.5) is 0 Å². The van der Waals surface area contributed by atoms with E-state index in [4.69, 9.17) is 4.74 Å². The Morgan fingerprint density at radius 1 is 0.651 bits per heavy atom. The molecule has 4 rings (SSSR count). The summed E-state index contributed by atoms with van der Waals surface area (Å²) in [6.07, 6.45) is 27.2. The molecule has 0 unspecified atom stereocenters. The predicted molar refractivity (Wildman–Crippen MR) is 181 cm³/mol. The first kappa shape index (κ1) is 34.2. The van der Waals surface area contributed by atoms with Crippen LogP contribution in [0.5, 0.6) is 0 Å². The lowest BCUT2D eigenvalue weighted by atomic mass is 9.58. The average molecular weight is 591 g/mol. The molecule has 0 saturated heterocycles. The highest BCUT2D eigenvalue weighted by Gasteiger charge is 2.45. The summed E-state index contributed by atoms with van der Waals surface area (Å²) in [5.41, 5.74) is 2.69. The van der Waals surface area contributed by atoms with Crippen LogP contribution < -0.4 is 0 Å². The Morgan fingerprint density at radius 3 is 1.44 bits per heavy atom. The highest BCUT2D eigenvalue weighted by molar-refractivity contribution is 5.19. The van der Waals surface area contributed by atoms with Crippen LogP contribution in [0.3, 0.4) is 0 Å². The molecule has 2 N–H and O–H groups in total. The standard InChI is InChI=1S/C40H62O3/c1-25(11-9-13-35-27(3)15-17-33-23-29(5)39(41)31(7)37(33)35)19-21-43-22-20-26(2)12-10-14-36-28(4)16-18-34-24-30(6)40(42)32(8)38(34)36/h9-18,27-42H,19-24H2,1-8H3/t27-,28-,29+,30+,31-,32-,33-,34-,35-,36-,37-,38-,39-,40-/m0/s1. The molecule has 0 aromatic rings. The van der Waals surface area contributed by atoms with Crippen LogP contribution in [0.15, 0.2) is 71.9 Å². The fourth-order valence-electron chi connectivity index (χ4n) is 9.04. The maximum Gasteiger partial charge on any atom is 0.0594 e. The van der Waals surface area contributed by atoms with Crippen LogP contribution in [0.25, 0.3) is 0 Å². The van der Waals surface area contributed by atoms with Crippen molar-refractivity contribution in [2.24, 2.45) is 71.0 Å². The van der Waals surface area contributed by atoms with Gasteiger partial charge in [0.15, 0.2) is 0 Å². The highest BCUT2D eigenvalue weighted by atomic mass is 16.5. The molecule has 43 heavy (non-hydrogen) atoms. The second-order valence-electron chi connectivity index (χ2n) is 15.2. The molecule has 4 aliphatic carbocycles. The molecule has 14 atom stereocenters. The Hall–Kier alpha value is -1.68. The lowest BCUT2D eigenvalue weighted by Gasteiger charge is -2.48. The molecule has 2 fully saturated rings. The minimum Gasteiger partial charge on any atom is -0.393 e. The van der Waals surface area contributed by atoms with Crippen LogP contribution in [0, 0.1) is 71.0 Å². The van der Waals surface area contributed by atoms with Gasteiger partial charge in [-0.2, -0.15) is 0 Å². The van der Waals surface area contributed by atoms with Crippen molar-refractivity contribution in [2.75, 3.05) is 13.2 Å². The zero-order valence-electron chi connectivity index (χ0n) is 28.4. The van der Waals surface area contributed by atoms with Crippen molar-refractivity contribution in [1.82, 2.24) is 0 Å². The molecule has 3 heteroatoms. The van der Waals surface area contributed by atoms with Crippen molar-refractivity contribution in [2.45, 2.75) is 93.3 Å². The summed E-state index contributed by atoms with van der Waals surface area (Å²) in [5, 5.41) is 21.5. The number of aliphatic hydroxyl groups is 2. The average Bonchev–Trinajstić information content (AvgIpc) is 2.97. The predicted octanol–water partition coefficient (Wildman–Crippen LogP) is 8.97. The Morgan fingerprint density at radius 2 is 1.05 bits per heavy atom. The number of aliphatic hydroxyl groups excluding tert-OH is 2. The van der Waals surface area contributed by atoms with E-state index >= 15 is 0 Å². The van der Waals surface area contributed by atoms with Crippen molar-refractivity contribution in [3.8, 4) is 0 Å². The quantitative estimate of drug-likeness (QED) is 0.152. The molecule has 0 amide bonds. The van der Waals surface area contributed by atoms with Gasteiger partial charge in [0.25, 0.3) is 0 Å². The van der Waals surface area contributed by atoms with Gasteiger partial charge in [0.1, 0.15) is 0 Å². The van der Waals surface area contributed by atoms with Crippen molar-refractivity contribution in [3.63, 3.8) is 0 Å². The van der Waals surface area contributed by atoms with Crippen molar-refractivity contribution >= 4 is 0 Å². The lowest BCUT2D eigenvalue weighted by molar-refractivity contribution is -0.0390. The van der Waals surface area contributed by atoms with Gasteiger partial charge in [-0.3, -0.25) is 0 Å². The molecule has 0 spiro atoms. The summed E-state index contributed by atoms with van der Waals surface area (Å²) in [6, 6.07) is 0. The topological polar surface area (TPSA) is 49.7 Å². The van der Waals surface area contributed by atoms with Gasteiger partial charge in [-0.05, 0) is 111 Å². The minimum atomic E-state index is -0.190. The summed E-state index contributed by atoms with van der Waals surface area (Å²) in [5.74, 6) is 5.65. The van der Waals surface area contributed by atoms with Crippen LogP contribution in [-0.2, 0) is 4.74 Å². The van der Waals surface area contributed by atoms with Gasteiger partial charge in [-0.25, -0.2) is 0 Å². The Kier molecular flexibility index (Phi) is 12.4. The smallest absolute Gasteiger partial charge is 0.0594 e. The lowest BCUT2D eigenvalue weighted by Crippen LogP contribution is -2.46. The molecule has 3 nitrogen and oxygen atoms in total. The SMILES string of the molecule is CC(=CC=C[C@@H]1[C@H]2[C@H](C)[C@@H](O)[C@H](C)C[C@@H]2C=C[C@@H]1C)CCOCCC(C)=CC=C[C@@H]1[C@H]2[C@H](C)[C@@H](O)[C@H](C)C[C@@H]2C=C[C@@H]1C. The monoisotopic (exact) mass is 590 g/mol. The van der Waals surface area contributed by atoms with E-state index < -0.39 is 0 Å². The van der Waals surface area contributed by atoms with Gasteiger partial charge in [0.05, 0.1) is 25.4 Å². The number of ether oxygens (including phenoxy) is 1. The minimum absolute atomic E-state index is 0.190. The normalized spacial score (nSPS) is 43.8. The third kappa shape index (κ3) is 8.33. The van der Waals surface area contributed by atoms with Crippen LogP contribution in [0.2, 0.25) is 0 Å². The van der Waals surface area contributed by atoms with Crippen LogP contribution in [-0.4, -0.2) is 35.6 Å². The zero-order valence-corrected chi connectivity index (χ0v) is 28.4. The third-order valence-corrected chi connectivity index (χ3v) is 11.9. The summed E-state index contributed by atoms with van der Waals surface area (Å²) >= 11 is 0. The molecular weight excluding hydrogens is 528 g/mol. The summed E-state index contributed by atoms with van der Waals surface area (Å²) < 4.78 is 6.01. The first-order valence-electron chi connectivity index (χ1n) is 17.5. The van der Waals surface area contributed by atoms with E-state index in [0.29, 0.717) is 71.0 Å². The summed E-state index contributed by atoms with van der Waals surface area (Å²) in [4.78, 5) is 0. The molecule has 0 aromatic carbocycles. The van der Waals surface area contributed by atoms with Crippen molar-refractivity contribution in [3.05, 3.63) is 71.9 Å². The molecule has 2 saturated carbocycles. The van der Waals surface area contributed by atoms with Gasteiger partial charge in [0.2, 0.25) is 0 Å². The zero-order chi connectivity index (χ0) is 31.3. The second-order valence-corrected chi connectivity index (χ2v) is 15.2. The van der Waals surface area contributed by atoms with E-state index in [9.17, 15) is 10.2 Å². The van der Waals surface area contributed by atoms with E-state index in [1.165, 1.54) is 11.1 Å². The number of rotatable bonds is 10. The van der Waals surface area contributed by atoms with E-state index in [2.05, 4.69) is 116 Å². The summed E-state index contributed by atoms with van der Waals surface area (Å²) in [7, 11) is 0. The molecule has 0 bridgehead atoms. The summed E-state index contributed by atoms with van der Waals surface area (Å²) in [6.45, 7) is 19.4. The molecule has 0 heterocycles. The van der Waals surface area contributed by atoms with Gasteiger partial charge < -0.3 is 14.9 Å². The first-order chi connectivity index (χ1) is 20.5. The molecule has 4 aliphatic rings. The van der Waals surface area contributed by atoms with Gasteiger partial charge in [-0.1, -0.05) is 113 Å². The molecule has 0 aliphatic heterocycles. The van der Waals surface area contributed by atoms with Crippen LogP contribution in [0.1, 0.15) is 81.1 Å². The largest absolute Gasteiger partial charge is 0.393 e. The van der Waals surface area contributed by atoms with Crippen molar-refractivity contribution in [1.29, 1.82) is 0 Å².